The molecule has 1 heterocycles. The highest BCUT2D eigenvalue weighted by atomic mass is 31.2. The summed E-state index contributed by atoms with van der Waals surface area (Å²) in [6.45, 7) is 4.91. The van der Waals surface area contributed by atoms with Crippen LogP contribution in [0.4, 0.5) is 5.69 Å². The van der Waals surface area contributed by atoms with E-state index in [2.05, 4.69) is 22.5 Å². The quantitative estimate of drug-likeness (QED) is 0.146. The lowest BCUT2D eigenvalue weighted by Gasteiger charge is -2.26. The summed E-state index contributed by atoms with van der Waals surface area (Å²) >= 11 is 0. The summed E-state index contributed by atoms with van der Waals surface area (Å²) in [6.07, 6.45) is 3.60. The van der Waals surface area contributed by atoms with Crippen LogP contribution in [0.3, 0.4) is 0 Å². The number of anilines is 1. The van der Waals surface area contributed by atoms with E-state index >= 15 is 0 Å². The van der Waals surface area contributed by atoms with Gasteiger partial charge in [0.25, 0.3) is 0 Å². The van der Waals surface area contributed by atoms with E-state index in [0.717, 1.165) is 41.6 Å². The lowest BCUT2D eigenvalue weighted by molar-refractivity contribution is -0.200. The number of rotatable bonds is 18. The van der Waals surface area contributed by atoms with Crippen LogP contribution in [0, 0.1) is 11.8 Å². The molecule has 3 rings (SSSR count). The second kappa shape index (κ2) is 18.4. The Morgan fingerprint density at radius 3 is 2.18 bits per heavy atom. The standard InChI is InChI=1S/C33H44N3O7P/c1-26(2)44(40,41)43-22-10-4-3-9-20-34-31(37)18-23-42-24-19-32(38)35-21-17-33(39)36-25-29-13-6-5-11-27(29)15-16-28-12-7-8-14-30(28)36/h5-8,11-14,26H,3-4,9-10,17-25H2,1-2H3,(H,34,37)(H,35,38)(H,40,41)/p-1. The van der Waals surface area contributed by atoms with Crippen molar-refractivity contribution in [2.24, 2.45) is 0 Å². The van der Waals surface area contributed by atoms with Crippen LogP contribution in [-0.4, -0.2) is 56.3 Å². The number of fused-ring (bicyclic) bond motifs is 2. The largest absolute Gasteiger partial charge is 0.778 e. The van der Waals surface area contributed by atoms with Crippen molar-refractivity contribution >= 4 is 31.0 Å². The van der Waals surface area contributed by atoms with Gasteiger partial charge in [0.05, 0.1) is 32.1 Å². The van der Waals surface area contributed by atoms with Crippen molar-refractivity contribution in [1.82, 2.24) is 10.6 Å². The van der Waals surface area contributed by atoms with Crippen molar-refractivity contribution in [1.29, 1.82) is 0 Å². The number of carbonyl (C=O) groups is 3. The van der Waals surface area contributed by atoms with E-state index in [1.54, 1.807) is 18.7 Å². The third-order valence-corrected chi connectivity index (χ3v) is 8.89. The Morgan fingerprint density at radius 1 is 0.841 bits per heavy atom. The van der Waals surface area contributed by atoms with Crippen LogP contribution in [0.5, 0.6) is 0 Å². The number of amides is 3. The van der Waals surface area contributed by atoms with Crippen LogP contribution >= 0.6 is 7.60 Å². The molecule has 0 aliphatic carbocycles. The number of hydrogen-bond acceptors (Lipinski definition) is 7. The third kappa shape index (κ3) is 11.9. The van der Waals surface area contributed by atoms with Gasteiger partial charge in [-0.25, -0.2) is 0 Å². The first-order valence-electron chi connectivity index (χ1n) is 15.2. The molecular weight excluding hydrogens is 581 g/mol. The average Bonchev–Trinajstić information content (AvgIpc) is 2.99. The number of nitrogens with one attached hydrogen (secondary N) is 2. The smallest absolute Gasteiger partial charge is 0.229 e. The highest BCUT2D eigenvalue weighted by Gasteiger charge is 2.21. The number of benzene rings is 2. The van der Waals surface area contributed by atoms with Crippen LogP contribution in [0.25, 0.3) is 0 Å². The van der Waals surface area contributed by atoms with Crippen LogP contribution in [0.1, 0.15) is 75.5 Å². The summed E-state index contributed by atoms with van der Waals surface area (Å²) in [6, 6.07) is 15.3. The fourth-order valence-corrected chi connectivity index (χ4v) is 5.09. The van der Waals surface area contributed by atoms with Crippen molar-refractivity contribution in [2.45, 2.75) is 71.0 Å². The number of carbonyl (C=O) groups excluding carboxylic acids is 3. The van der Waals surface area contributed by atoms with Gasteiger partial charge < -0.3 is 34.3 Å². The van der Waals surface area contributed by atoms with E-state index in [9.17, 15) is 23.8 Å². The van der Waals surface area contributed by atoms with Gasteiger partial charge in [-0.05, 0) is 36.6 Å². The molecule has 0 saturated heterocycles. The highest BCUT2D eigenvalue weighted by molar-refractivity contribution is 7.52. The molecule has 10 nitrogen and oxygen atoms in total. The van der Waals surface area contributed by atoms with Crippen molar-refractivity contribution in [3.8, 4) is 11.8 Å². The predicted octanol–water partition coefficient (Wildman–Crippen LogP) is 3.89. The normalized spacial score (nSPS) is 13.4. The SMILES string of the molecule is CC(C)P(=O)([O-])OCCCCCCNC(=O)CCOCCC(=O)NCCC(=O)N1Cc2ccccc2C#Cc2ccccc21. The Kier molecular flexibility index (Phi) is 14.6. The summed E-state index contributed by atoms with van der Waals surface area (Å²) in [4.78, 5) is 50.8. The Hall–Kier alpha value is -3.48. The molecule has 0 bridgehead atoms. The molecule has 238 valence electrons. The molecule has 0 radical (unpaired) electrons. The summed E-state index contributed by atoms with van der Waals surface area (Å²) in [5.41, 5.74) is 2.88. The molecule has 2 aromatic rings. The summed E-state index contributed by atoms with van der Waals surface area (Å²) in [5, 5.41) is 5.61. The van der Waals surface area contributed by atoms with Crippen molar-refractivity contribution in [3.05, 3.63) is 65.2 Å². The van der Waals surface area contributed by atoms with E-state index in [1.807, 2.05) is 48.5 Å². The van der Waals surface area contributed by atoms with Gasteiger partial charge in [0.15, 0.2) is 0 Å². The van der Waals surface area contributed by atoms with Crippen molar-refractivity contribution in [2.75, 3.05) is 37.8 Å². The second-order valence-corrected chi connectivity index (χ2v) is 13.2. The van der Waals surface area contributed by atoms with Gasteiger partial charge in [0.1, 0.15) is 7.60 Å². The molecule has 11 heteroatoms. The Balaban J connectivity index is 1.24. The molecule has 0 fully saturated rings. The Bertz CT molecular complexity index is 1370. The minimum absolute atomic E-state index is 0.107. The fraction of sp³-hybridized carbons (Fsp3) is 0.485. The van der Waals surface area contributed by atoms with Crippen LogP contribution in [0.15, 0.2) is 48.5 Å². The maximum atomic E-state index is 13.2. The fourth-order valence-electron chi connectivity index (χ4n) is 4.41. The van der Waals surface area contributed by atoms with E-state index in [-0.39, 0.29) is 63.3 Å². The Labute approximate surface area is 260 Å². The lowest BCUT2D eigenvalue weighted by Crippen LogP contribution is -2.35. The number of para-hydroxylation sites is 1. The molecule has 2 N–H and O–H groups in total. The van der Waals surface area contributed by atoms with Gasteiger partial charge in [0, 0.05) is 49.1 Å². The van der Waals surface area contributed by atoms with Gasteiger partial charge in [-0.2, -0.15) is 0 Å². The van der Waals surface area contributed by atoms with Crippen LogP contribution in [0.2, 0.25) is 0 Å². The molecule has 0 saturated carbocycles. The molecule has 1 unspecified atom stereocenters. The summed E-state index contributed by atoms with van der Waals surface area (Å²) in [5.74, 6) is 5.92. The third-order valence-electron chi connectivity index (χ3n) is 7.08. The molecule has 2 aromatic carbocycles. The molecule has 1 aliphatic heterocycles. The van der Waals surface area contributed by atoms with Crippen molar-refractivity contribution < 1.29 is 33.1 Å². The predicted molar refractivity (Wildman–Crippen MR) is 168 cm³/mol. The van der Waals surface area contributed by atoms with E-state index in [0.29, 0.717) is 19.5 Å². The van der Waals surface area contributed by atoms with Gasteiger partial charge in [0.2, 0.25) is 17.7 Å². The maximum Gasteiger partial charge on any atom is 0.229 e. The molecule has 0 aromatic heterocycles. The maximum absolute atomic E-state index is 13.2. The molecule has 1 aliphatic rings. The molecule has 3 amide bonds. The zero-order valence-corrected chi connectivity index (χ0v) is 26.5. The molecule has 1 atom stereocenters. The Morgan fingerprint density at radius 2 is 1.45 bits per heavy atom. The van der Waals surface area contributed by atoms with E-state index in [1.165, 1.54) is 0 Å². The van der Waals surface area contributed by atoms with Gasteiger partial charge in [-0.1, -0.05) is 68.9 Å². The van der Waals surface area contributed by atoms with E-state index in [4.69, 9.17) is 9.26 Å². The van der Waals surface area contributed by atoms with Crippen LogP contribution in [-0.2, 0) is 34.8 Å². The van der Waals surface area contributed by atoms with Gasteiger partial charge in [-0.15, -0.1) is 0 Å². The van der Waals surface area contributed by atoms with Crippen LogP contribution < -0.4 is 20.4 Å². The first kappa shape index (κ1) is 35.0. The lowest BCUT2D eigenvalue weighted by atomic mass is 10.0. The van der Waals surface area contributed by atoms with E-state index < -0.39 is 13.3 Å². The number of ether oxygens (including phenoxy) is 1. The number of hydrogen-bond donors (Lipinski definition) is 2. The van der Waals surface area contributed by atoms with Gasteiger partial charge in [-0.3, -0.25) is 14.4 Å². The topological polar surface area (TPSA) is 137 Å². The highest BCUT2D eigenvalue weighted by Crippen LogP contribution is 2.42. The second-order valence-electron chi connectivity index (χ2n) is 10.8. The molecule has 44 heavy (non-hydrogen) atoms. The molecule has 0 spiro atoms. The first-order valence-corrected chi connectivity index (χ1v) is 16.8. The number of unbranched alkanes of at least 4 members (excludes halogenated alkanes) is 3. The van der Waals surface area contributed by atoms with Crippen molar-refractivity contribution in [3.63, 3.8) is 0 Å². The molecular formula is C33H43N3O7P-. The van der Waals surface area contributed by atoms with Gasteiger partial charge >= 0.3 is 0 Å². The monoisotopic (exact) mass is 624 g/mol. The first-order chi connectivity index (χ1) is 21.2. The zero-order valence-electron chi connectivity index (χ0n) is 25.6. The number of nitrogens with zero attached hydrogens (tertiary/aromatic N) is 1. The summed E-state index contributed by atoms with van der Waals surface area (Å²) < 4.78 is 22.0. The zero-order chi connectivity index (χ0) is 31.8. The minimum Gasteiger partial charge on any atom is -0.778 e. The summed E-state index contributed by atoms with van der Waals surface area (Å²) in [7, 11) is -3.75. The minimum atomic E-state index is -3.75. The average molecular weight is 625 g/mol.